The smallest absolute Gasteiger partial charge is 0.251 e. The molecule has 1 rings (SSSR count). The summed E-state index contributed by atoms with van der Waals surface area (Å²) in [6.07, 6.45) is 1.56. The maximum atomic E-state index is 13.4. The molecule has 0 heterocycles. The fourth-order valence-corrected chi connectivity index (χ4v) is 1.88. The van der Waals surface area contributed by atoms with Crippen molar-refractivity contribution >= 4 is 5.91 Å². The predicted molar refractivity (Wildman–Crippen MR) is 73.6 cm³/mol. The Morgan fingerprint density at radius 1 is 1.37 bits per heavy atom. The van der Waals surface area contributed by atoms with Crippen molar-refractivity contribution in [3.8, 4) is 0 Å². The van der Waals surface area contributed by atoms with Gasteiger partial charge in [0.25, 0.3) is 5.91 Å². The molecule has 0 aliphatic carbocycles. The molecule has 0 bridgehead atoms. The fraction of sp³-hybridized carbons (Fsp3) is 0.533. The van der Waals surface area contributed by atoms with Crippen LogP contribution in [-0.4, -0.2) is 24.2 Å². The van der Waals surface area contributed by atoms with Crippen molar-refractivity contribution in [3.05, 3.63) is 35.1 Å². The lowest BCUT2D eigenvalue weighted by Crippen LogP contribution is -2.39. The van der Waals surface area contributed by atoms with Gasteiger partial charge >= 0.3 is 0 Å². The van der Waals surface area contributed by atoms with E-state index in [0.29, 0.717) is 17.7 Å². The second-order valence-corrected chi connectivity index (χ2v) is 5.01. The van der Waals surface area contributed by atoms with Gasteiger partial charge in [-0.3, -0.25) is 4.79 Å². The summed E-state index contributed by atoms with van der Waals surface area (Å²) in [6, 6.07) is 4.43. The highest BCUT2D eigenvalue weighted by atomic mass is 19.1. The third-order valence-corrected chi connectivity index (χ3v) is 3.89. The lowest BCUT2D eigenvalue weighted by Gasteiger charge is -2.29. The minimum Gasteiger partial charge on any atom is -0.396 e. The minimum absolute atomic E-state index is 0.0303. The van der Waals surface area contributed by atoms with Crippen LogP contribution in [0, 0.1) is 18.2 Å². The Morgan fingerprint density at radius 3 is 2.47 bits per heavy atom. The average Bonchev–Trinajstić information content (AvgIpc) is 2.43. The molecule has 0 saturated carbocycles. The van der Waals surface area contributed by atoms with Gasteiger partial charge in [0.1, 0.15) is 5.82 Å². The number of nitrogens with one attached hydrogen (secondary N) is 1. The van der Waals surface area contributed by atoms with Crippen LogP contribution in [0.25, 0.3) is 0 Å². The number of aliphatic hydroxyl groups is 1. The van der Waals surface area contributed by atoms with Crippen molar-refractivity contribution in [2.75, 3.05) is 13.2 Å². The van der Waals surface area contributed by atoms with Gasteiger partial charge in [0.05, 0.1) is 6.61 Å². The van der Waals surface area contributed by atoms with Gasteiger partial charge in [0.15, 0.2) is 0 Å². The maximum absolute atomic E-state index is 13.4. The molecule has 0 saturated heterocycles. The summed E-state index contributed by atoms with van der Waals surface area (Å²) in [7, 11) is 0. The molecule has 19 heavy (non-hydrogen) atoms. The molecule has 0 atom stereocenters. The Morgan fingerprint density at radius 2 is 2.00 bits per heavy atom. The van der Waals surface area contributed by atoms with E-state index in [4.69, 9.17) is 0 Å². The average molecular weight is 267 g/mol. The Labute approximate surface area is 113 Å². The largest absolute Gasteiger partial charge is 0.396 e. The van der Waals surface area contributed by atoms with E-state index in [0.717, 1.165) is 12.8 Å². The zero-order valence-corrected chi connectivity index (χ0v) is 11.8. The molecule has 4 heteroatoms. The normalized spacial score (nSPS) is 11.4. The van der Waals surface area contributed by atoms with Crippen molar-refractivity contribution in [1.29, 1.82) is 0 Å². The van der Waals surface area contributed by atoms with Gasteiger partial charge in [-0.15, -0.1) is 0 Å². The molecule has 0 spiro atoms. The zero-order chi connectivity index (χ0) is 14.5. The first-order valence-corrected chi connectivity index (χ1v) is 6.63. The Bertz CT molecular complexity index is 434. The standard InChI is InChI=1S/C15H22FNO2/c1-4-15(5-2,10-18)9-17-14(19)12-7-6-11(3)13(16)8-12/h6-8,18H,4-5,9-10H2,1-3H3,(H,17,19). The van der Waals surface area contributed by atoms with E-state index in [9.17, 15) is 14.3 Å². The van der Waals surface area contributed by atoms with Crippen molar-refractivity contribution in [2.45, 2.75) is 33.6 Å². The third-order valence-electron chi connectivity index (χ3n) is 3.89. The monoisotopic (exact) mass is 267 g/mol. The molecule has 1 aromatic carbocycles. The highest BCUT2D eigenvalue weighted by Gasteiger charge is 2.26. The molecule has 1 amide bonds. The first kappa shape index (κ1) is 15.6. The Balaban J connectivity index is 2.72. The second kappa shape index (κ2) is 6.66. The lowest BCUT2D eigenvalue weighted by molar-refractivity contribution is 0.0850. The van der Waals surface area contributed by atoms with E-state index >= 15 is 0 Å². The summed E-state index contributed by atoms with van der Waals surface area (Å²) in [6.45, 7) is 6.05. The molecule has 1 aromatic rings. The van der Waals surface area contributed by atoms with Crippen LogP contribution in [0.3, 0.4) is 0 Å². The zero-order valence-electron chi connectivity index (χ0n) is 11.8. The van der Waals surface area contributed by atoms with Gasteiger partial charge in [-0.2, -0.15) is 0 Å². The van der Waals surface area contributed by atoms with E-state index in [1.165, 1.54) is 6.07 Å². The first-order chi connectivity index (χ1) is 8.98. The number of carbonyl (C=O) groups excluding carboxylic acids is 1. The Hall–Kier alpha value is -1.42. The molecule has 0 fully saturated rings. The number of hydrogen-bond donors (Lipinski definition) is 2. The van der Waals surface area contributed by atoms with Gasteiger partial charge in [-0.1, -0.05) is 19.9 Å². The topological polar surface area (TPSA) is 49.3 Å². The van der Waals surface area contributed by atoms with E-state index in [-0.39, 0.29) is 23.7 Å². The van der Waals surface area contributed by atoms with Crippen LogP contribution in [0.15, 0.2) is 18.2 Å². The summed E-state index contributed by atoms with van der Waals surface area (Å²) < 4.78 is 13.4. The molecule has 0 radical (unpaired) electrons. The van der Waals surface area contributed by atoms with Crippen LogP contribution in [0.1, 0.15) is 42.6 Å². The maximum Gasteiger partial charge on any atom is 0.251 e. The number of carbonyl (C=O) groups is 1. The van der Waals surface area contributed by atoms with Crippen molar-refractivity contribution < 1.29 is 14.3 Å². The molecule has 3 nitrogen and oxygen atoms in total. The lowest BCUT2D eigenvalue weighted by atomic mass is 9.83. The van der Waals surface area contributed by atoms with Gasteiger partial charge in [-0.05, 0) is 37.5 Å². The summed E-state index contributed by atoms with van der Waals surface area (Å²) in [5, 5.41) is 12.2. The molecular weight excluding hydrogens is 245 g/mol. The van der Waals surface area contributed by atoms with Crippen LogP contribution in [0.2, 0.25) is 0 Å². The fourth-order valence-electron chi connectivity index (χ4n) is 1.88. The molecule has 0 aliphatic rings. The quantitative estimate of drug-likeness (QED) is 0.832. The van der Waals surface area contributed by atoms with E-state index in [2.05, 4.69) is 5.32 Å². The van der Waals surface area contributed by atoms with Crippen LogP contribution in [-0.2, 0) is 0 Å². The number of halogens is 1. The van der Waals surface area contributed by atoms with Crippen LogP contribution in [0.5, 0.6) is 0 Å². The molecule has 0 aromatic heterocycles. The van der Waals surface area contributed by atoms with Crippen LogP contribution < -0.4 is 5.32 Å². The van der Waals surface area contributed by atoms with Crippen molar-refractivity contribution in [1.82, 2.24) is 5.32 Å². The molecule has 2 N–H and O–H groups in total. The van der Waals surface area contributed by atoms with Gasteiger partial charge in [-0.25, -0.2) is 4.39 Å². The minimum atomic E-state index is -0.382. The van der Waals surface area contributed by atoms with Crippen LogP contribution >= 0.6 is 0 Å². The van der Waals surface area contributed by atoms with Gasteiger partial charge in [0.2, 0.25) is 0 Å². The number of benzene rings is 1. The first-order valence-electron chi connectivity index (χ1n) is 6.63. The summed E-state index contributed by atoms with van der Waals surface area (Å²) in [5.74, 6) is -0.689. The number of aliphatic hydroxyl groups excluding tert-OH is 1. The van der Waals surface area contributed by atoms with E-state index < -0.39 is 0 Å². The summed E-state index contributed by atoms with van der Waals surface area (Å²) in [4.78, 5) is 11.9. The summed E-state index contributed by atoms with van der Waals surface area (Å²) in [5.41, 5.74) is 0.532. The van der Waals surface area contributed by atoms with Gasteiger partial charge in [0, 0.05) is 17.5 Å². The molecular formula is C15H22FNO2. The molecule has 106 valence electrons. The highest BCUT2D eigenvalue weighted by molar-refractivity contribution is 5.94. The van der Waals surface area contributed by atoms with Crippen molar-refractivity contribution in [3.63, 3.8) is 0 Å². The number of rotatable bonds is 6. The summed E-state index contributed by atoms with van der Waals surface area (Å²) >= 11 is 0. The SMILES string of the molecule is CCC(CC)(CO)CNC(=O)c1ccc(C)c(F)c1. The van der Waals surface area contributed by atoms with E-state index in [1.807, 2.05) is 13.8 Å². The van der Waals surface area contributed by atoms with Crippen molar-refractivity contribution in [2.24, 2.45) is 5.41 Å². The molecule has 0 aliphatic heterocycles. The number of amides is 1. The highest BCUT2D eigenvalue weighted by Crippen LogP contribution is 2.24. The van der Waals surface area contributed by atoms with Gasteiger partial charge < -0.3 is 10.4 Å². The molecule has 0 unspecified atom stereocenters. The number of hydrogen-bond acceptors (Lipinski definition) is 2. The second-order valence-electron chi connectivity index (χ2n) is 5.01. The van der Waals surface area contributed by atoms with Crippen LogP contribution in [0.4, 0.5) is 4.39 Å². The van der Waals surface area contributed by atoms with E-state index in [1.54, 1.807) is 19.1 Å². The number of aryl methyl sites for hydroxylation is 1. The Kier molecular flexibility index (Phi) is 5.48. The third kappa shape index (κ3) is 3.77. The predicted octanol–water partition coefficient (Wildman–Crippen LogP) is 2.66.